The summed E-state index contributed by atoms with van der Waals surface area (Å²) < 4.78 is 0. The summed E-state index contributed by atoms with van der Waals surface area (Å²) >= 11 is 0. The Labute approximate surface area is 148 Å². The molecule has 0 saturated carbocycles. The predicted molar refractivity (Wildman–Crippen MR) is 102 cm³/mol. The number of H-pyrrole nitrogens is 1. The van der Waals surface area contributed by atoms with Crippen LogP contribution in [0.25, 0.3) is 16.5 Å². The smallest absolute Gasteiger partial charge is 0.173 e. The van der Waals surface area contributed by atoms with E-state index >= 15 is 0 Å². The molecule has 4 unspecified atom stereocenters. The number of nitrogens with zero attached hydrogens (tertiary/aromatic N) is 2. The highest BCUT2D eigenvalue weighted by Crippen LogP contribution is 2.27. The molecule has 0 amide bonds. The Morgan fingerprint density at radius 1 is 1.16 bits per heavy atom. The van der Waals surface area contributed by atoms with Crippen LogP contribution in [0.4, 0.5) is 0 Å². The maximum absolute atomic E-state index is 4.74. The van der Waals surface area contributed by atoms with Gasteiger partial charge in [-0.3, -0.25) is 10.3 Å². The number of benzene rings is 1. The number of hydrogen-bond donors (Lipinski definition) is 3. The molecule has 3 aliphatic heterocycles. The van der Waals surface area contributed by atoms with Gasteiger partial charge in [0.15, 0.2) is 6.29 Å². The molecule has 5 heteroatoms. The molecule has 2 saturated heterocycles. The van der Waals surface area contributed by atoms with Crippen LogP contribution in [-0.4, -0.2) is 48.1 Å². The third kappa shape index (κ3) is 2.87. The second kappa shape index (κ2) is 6.32. The topological polar surface area (TPSA) is 55.5 Å². The molecule has 0 aliphatic carbocycles. The van der Waals surface area contributed by atoms with Crippen molar-refractivity contribution in [2.45, 2.75) is 31.6 Å². The number of aromatic amines is 1. The van der Waals surface area contributed by atoms with E-state index in [9.17, 15) is 0 Å². The number of piperidine rings is 2. The lowest BCUT2D eigenvalue weighted by Gasteiger charge is -2.43. The van der Waals surface area contributed by atoms with Crippen LogP contribution in [0.1, 0.15) is 24.8 Å². The Morgan fingerprint density at radius 3 is 3.08 bits per heavy atom. The van der Waals surface area contributed by atoms with Crippen LogP contribution in [0.15, 0.2) is 41.7 Å². The van der Waals surface area contributed by atoms with Crippen molar-refractivity contribution in [2.75, 3.05) is 19.6 Å². The second-order valence-electron chi connectivity index (χ2n) is 7.46. The fourth-order valence-electron chi connectivity index (χ4n) is 4.58. The van der Waals surface area contributed by atoms with E-state index in [1.165, 1.54) is 49.8 Å². The van der Waals surface area contributed by atoms with E-state index in [4.69, 9.17) is 4.99 Å². The van der Waals surface area contributed by atoms with Crippen molar-refractivity contribution in [3.63, 3.8) is 0 Å². The van der Waals surface area contributed by atoms with E-state index in [1.807, 2.05) is 12.4 Å². The number of aromatic nitrogens is 1. The van der Waals surface area contributed by atoms with Crippen molar-refractivity contribution in [3.8, 4) is 0 Å². The Morgan fingerprint density at radius 2 is 2.16 bits per heavy atom. The minimum absolute atomic E-state index is 0.00680. The van der Waals surface area contributed by atoms with Crippen LogP contribution in [-0.2, 0) is 0 Å². The molecule has 1 aromatic heterocycles. The van der Waals surface area contributed by atoms with Crippen molar-refractivity contribution >= 4 is 22.7 Å². The van der Waals surface area contributed by atoms with Gasteiger partial charge in [-0.15, -0.1) is 0 Å². The van der Waals surface area contributed by atoms with Gasteiger partial charge in [0.1, 0.15) is 0 Å². The molecule has 5 rings (SSSR count). The number of fused-ring (bicyclic) bond motifs is 3. The number of allylic oxidation sites excluding steroid dienone is 1. The summed E-state index contributed by atoms with van der Waals surface area (Å²) in [7, 11) is 0. The summed E-state index contributed by atoms with van der Waals surface area (Å²) in [6.45, 7) is 3.77. The van der Waals surface area contributed by atoms with Gasteiger partial charge in [0, 0.05) is 47.7 Å². The first-order valence-corrected chi connectivity index (χ1v) is 9.41. The first kappa shape index (κ1) is 15.2. The summed E-state index contributed by atoms with van der Waals surface area (Å²) in [5.74, 6) is 0.776. The maximum Gasteiger partial charge on any atom is 0.173 e. The third-order valence-corrected chi connectivity index (χ3v) is 5.90. The minimum atomic E-state index is -0.00680. The van der Waals surface area contributed by atoms with Gasteiger partial charge in [-0.25, -0.2) is 0 Å². The van der Waals surface area contributed by atoms with Crippen LogP contribution < -0.4 is 10.6 Å². The van der Waals surface area contributed by atoms with Gasteiger partial charge in [-0.2, -0.15) is 0 Å². The second-order valence-corrected chi connectivity index (χ2v) is 7.46. The molecular formula is C20H25N5. The summed E-state index contributed by atoms with van der Waals surface area (Å²) in [5, 5.41) is 8.42. The Bertz CT molecular complexity index is 820. The molecule has 2 fully saturated rings. The van der Waals surface area contributed by atoms with E-state index in [-0.39, 0.29) is 6.29 Å². The monoisotopic (exact) mass is 335 g/mol. The molecule has 2 aromatic rings. The highest BCUT2D eigenvalue weighted by atomic mass is 15.3. The molecule has 0 spiro atoms. The summed E-state index contributed by atoms with van der Waals surface area (Å²) in [6.07, 6.45) is 10.0. The highest BCUT2D eigenvalue weighted by Gasteiger charge is 2.33. The zero-order valence-corrected chi connectivity index (χ0v) is 14.4. The summed E-state index contributed by atoms with van der Waals surface area (Å²) in [6, 6.07) is 9.05. The van der Waals surface area contributed by atoms with Crippen LogP contribution in [0.2, 0.25) is 0 Å². The lowest BCUT2D eigenvalue weighted by molar-refractivity contribution is 0.0860. The SMILES string of the molecule is C1=NC(NC2CCN3CCCC2C3)NC=C1c1cccc2[nH]ccc12. The van der Waals surface area contributed by atoms with Gasteiger partial charge in [0.2, 0.25) is 0 Å². The molecule has 25 heavy (non-hydrogen) atoms. The molecule has 5 nitrogen and oxygen atoms in total. The van der Waals surface area contributed by atoms with E-state index < -0.39 is 0 Å². The molecule has 4 atom stereocenters. The molecule has 0 radical (unpaired) electrons. The average Bonchev–Trinajstić information content (AvgIpc) is 3.14. The van der Waals surface area contributed by atoms with Crippen LogP contribution in [0.5, 0.6) is 0 Å². The van der Waals surface area contributed by atoms with E-state index in [0.29, 0.717) is 6.04 Å². The first-order chi connectivity index (χ1) is 12.4. The quantitative estimate of drug-likeness (QED) is 0.808. The normalized spacial score (nSPS) is 31.6. The predicted octanol–water partition coefficient (Wildman–Crippen LogP) is 2.54. The fourth-order valence-corrected chi connectivity index (χ4v) is 4.58. The van der Waals surface area contributed by atoms with Crippen molar-refractivity contribution in [1.82, 2.24) is 20.5 Å². The lowest BCUT2D eigenvalue weighted by atomic mass is 9.85. The van der Waals surface area contributed by atoms with Gasteiger partial charge < -0.3 is 15.2 Å². The first-order valence-electron chi connectivity index (χ1n) is 9.41. The summed E-state index contributed by atoms with van der Waals surface area (Å²) in [5.41, 5.74) is 3.51. The maximum atomic E-state index is 4.74. The largest absolute Gasteiger partial charge is 0.361 e. The van der Waals surface area contributed by atoms with Crippen LogP contribution in [0.3, 0.4) is 0 Å². The van der Waals surface area contributed by atoms with Crippen molar-refractivity contribution in [1.29, 1.82) is 0 Å². The molecule has 4 heterocycles. The van der Waals surface area contributed by atoms with Gasteiger partial charge in [-0.05, 0) is 56.0 Å². The van der Waals surface area contributed by atoms with E-state index in [2.05, 4.69) is 51.0 Å². The Hall–Kier alpha value is -2.11. The van der Waals surface area contributed by atoms with Crippen molar-refractivity contribution in [2.24, 2.45) is 10.9 Å². The molecule has 1 aromatic carbocycles. The van der Waals surface area contributed by atoms with Crippen molar-refractivity contribution < 1.29 is 0 Å². The molecule has 2 bridgehead atoms. The zero-order valence-electron chi connectivity index (χ0n) is 14.4. The average molecular weight is 335 g/mol. The molecule has 3 aliphatic rings. The standard InChI is InChI=1S/C20H25N5/c1-4-16(17-6-8-21-19(17)5-1)15-11-22-20(23-12-15)24-18-7-10-25-9-2-3-14(18)13-25/h1,4-6,8,11-12,14,18,20-22,24H,2-3,7,9-10,13H2. The summed E-state index contributed by atoms with van der Waals surface area (Å²) in [4.78, 5) is 10.6. The van der Waals surface area contributed by atoms with Gasteiger partial charge in [-0.1, -0.05) is 12.1 Å². The zero-order chi connectivity index (χ0) is 16.6. The highest BCUT2D eigenvalue weighted by molar-refractivity contribution is 6.14. The van der Waals surface area contributed by atoms with Gasteiger partial charge in [0.25, 0.3) is 0 Å². The molecular weight excluding hydrogens is 310 g/mol. The molecule has 3 N–H and O–H groups in total. The number of nitrogens with one attached hydrogen (secondary N) is 3. The minimum Gasteiger partial charge on any atom is -0.361 e. The van der Waals surface area contributed by atoms with E-state index in [0.717, 1.165) is 17.0 Å². The van der Waals surface area contributed by atoms with Crippen LogP contribution in [0, 0.1) is 5.92 Å². The van der Waals surface area contributed by atoms with Gasteiger partial charge in [0.05, 0.1) is 0 Å². The lowest BCUT2D eigenvalue weighted by Crippen LogP contribution is -2.56. The number of aliphatic imine (C=N–C) groups is 1. The van der Waals surface area contributed by atoms with Gasteiger partial charge >= 0.3 is 0 Å². The number of rotatable bonds is 3. The van der Waals surface area contributed by atoms with Crippen molar-refractivity contribution in [3.05, 3.63) is 42.2 Å². The molecule has 130 valence electrons. The third-order valence-electron chi connectivity index (χ3n) is 5.90. The fraction of sp³-hybridized carbons (Fsp3) is 0.450. The van der Waals surface area contributed by atoms with Crippen LogP contribution >= 0.6 is 0 Å². The van der Waals surface area contributed by atoms with E-state index in [1.54, 1.807) is 0 Å². The Balaban J connectivity index is 1.28. The Kier molecular flexibility index (Phi) is 3.83. The number of hydrogen-bond acceptors (Lipinski definition) is 4.